The summed E-state index contributed by atoms with van der Waals surface area (Å²) in [6.07, 6.45) is 5.40. The Kier molecular flexibility index (Phi) is 1.51. The van der Waals surface area contributed by atoms with Crippen molar-refractivity contribution in [1.82, 2.24) is 9.78 Å². The van der Waals surface area contributed by atoms with Crippen molar-refractivity contribution in [3.8, 4) is 0 Å². The minimum atomic E-state index is 0.105. The summed E-state index contributed by atoms with van der Waals surface area (Å²) in [5.41, 5.74) is 8.55. The van der Waals surface area contributed by atoms with E-state index in [9.17, 15) is 0 Å². The second-order valence-corrected chi connectivity index (χ2v) is 3.95. The zero-order valence-electron chi connectivity index (χ0n) is 7.67. The van der Waals surface area contributed by atoms with Crippen molar-refractivity contribution in [1.29, 1.82) is 0 Å². The van der Waals surface area contributed by atoms with E-state index in [1.807, 2.05) is 18.7 Å². The van der Waals surface area contributed by atoms with Gasteiger partial charge in [-0.15, -0.1) is 0 Å². The Balaban J connectivity index is 2.17. The first kappa shape index (κ1) is 7.80. The molecule has 0 saturated heterocycles. The van der Waals surface area contributed by atoms with Gasteiger partial charge in [-0.25, -0.2) is 0 Å². The van der Waals surface area contributed by atoms with Crippen LogP contribution >= 0.6 is 0 Å². The number of nitrogens with two attached hydrogens (primary N) is 1. The molecule has 12 heavy (non-hydrogen) atoms. The van der Waals surface area contributed by atoms with Gasteiger partial charge in [0.25, 0.3) is 0 Å². The summed E-state index contributed by atoms with van der Waals surface area (Å²) in [6, 6.07) is 0. The molecule has 1 aliphatic carbocycles. The number of hydrogen-bond donors (Lipinski definition) is 1. The lowest BCUT2D eigenvalue weighted by Crippen LogP contribution is -2.24. The van der Waals surface area contributed by atoms with E-state index in [0.717, 1.165) is 12.1 Å². The van der Waals surface area contributed by atoms with Gasteiger partial charge in [0.15, 0.2) is 0 Å². The minimum absolute atomic E-state index is 0.105. The van der Waals surface area contributed by atoms with Crippen molar-refractivity contribution in [3.63, 3.8) is 0 Å². The van der Waals surface area contributed by atoms with Gasteiger partial charge in [-0.05, 0) is 31.7 Å². The van der Waals surface area contributed by atoms with Gasteiger partial charge >= 0.3 is 0 Å². The van der Waals surface area contributed by atoms with Crippen molar-refractivity contribution in [2.24, 2.45) is 12.8 Å². The van der Waals surface area contributed by atoms with Gasteiger partial charge in [-0.2, -0.15) is 5.10 Å². The molecule has 2 N–H and O–H groups in total. The van der Waals surface area contributed by atoms with Crippen LogP contribution in [0.3, 0.4) is 0 Å². The quantitative estimate of drug-likeness (QED) is 0.703. The van der Waals surface area contributed by atoms with Crippen molar-refractivity contribution in [3.05, 3.63) is 17.5 Å². The average Bonchev–Trinajstić information content (AvgIpc) is 2.58. The highest BCUT2D eigenvalue weighted by atomic mass is 15.2. The largest absolute Gasteiger partial charge is 0.325 e. The maximum Gasteiger partial charge on any atom is 0.0626 e. The second kappa shape index (κ2) is 2.33. The molecule has 66 valence electrons. The standard InChI is InChI=1S/C9H15N3/c1-7-8(6-12(2)11-7)5-9(10)3-4-9/h6H,3-5,10H2,1-2H3. The molecule has 1 heterocycles. The average molecular weight is 165 g/mol. The molecule has 0 aliphatic heterocycles. The van der Waals surface area contributed by atoms with Crippen LogP contribution in [0.4, 0.5) is 0 Å². The van der Waals surface area contributed by atoms with Crippen molar-refractivity contribution in [2.45, 2.75) is 31.7 Å². The third-order valence-electron chi connectivity index (χ3n) is 2.55. The lowest BCUT2D eigenvalue weighted by Gasteiger charge is -2.05. The van der Waals surface area contributed by atoms with Crippen LogP contribution in [0.5, 0.6) is 0 Å². The Morgan fingerprint density at radius 2 is 2.33 bits per heavy atom. The van der Waals surface area contributed by atoms with Crippen LogP contribution in [0.2, 0.25) is 0 Å². The predicted molar refractivity (Wildman–Crippen MR) is 47.8 cm³/mol. The fraction of sp³-hybridized carbons (Fsp3) is 0.667. The maximum atomic E-state index is 6.02. The predicted octanol–water partition coefficient (Wildman–Crippen LogP) is 0.762. The first-order chi connectivity index (χ1) is 5.59. The molecule has 3 nitrogen and oxygen atoms in total. The molecular weight excluding hydrogens is 150 g/mol. The molecule has 0 unspecified atom stereocenters. The fourth-order valence-corrected chi connectivity index (χ4v) is 1.54. The van der Waals surface area contributed by atoms with Crippen molar-refractivity contribution in [2.75, 3.05) is 0 Å². The van der Waals surface area contributed by atoms with Gasteiger partial charge in [0.1, 0.15) is 0 Å². The van der Waals surface area contributed by atoms with E-state index in [4.69, 9.17) is 5.73 Å². The van der Waals surface area contributed by atoms with Crippen molar-refractivity contribution < 1.29 is 0 Å². The lowest BCUT2D eigenvalue weighted by molar-refractivity contribution is 0.669. The molecular formula is C9H15N3. The van der Waals surface area contributed by atoms with Gasteiger partial charge in [0.2, 0.25) is 0 Å². The normalized spacial score (nSPS) is 19.6. The smallest absolute Gasteiger partial charge is 0.0626 e. The second-order valence-electron chi connectivity index (χ2n) is 3.95. The summed E-state index contributed by atoms with van der Waals surface area (Å²) in [4.78, 5) is 0. The first-order valence-electron chi connectivity index (χ1n) is 4.37. The van der Waals surface area contributed by atoms with E-state index in [1.54, 1.807) is 0 Å². The zero-order valence-corrected chi connectivity index (χ0v) is 7.67. The molecule has 1 saturated carbocycles. The topological polar surface area (TPSA) is 43.8 Å². The summed E-state index contributed by atoms with van der Waals surface area (Å²) in [6.45, 7) is 2.04. The highest BCUT2D eigenvalue weighted by Gasteiger charge is 2.38. The van der Waals surface area contributed by atoms with Crippen LogP contribution < -0.4 is 5.73 Å². The molecule has 1 aromatic rings. The molecule has 1 aromatic heterocycles. The van der Waals surface area contributed by atoms with Gasteiger partial charge in [0.05, 0.1) is 5.69 Å². The third-order valence-corrected chi connectivity index (χ3v) is 2.55. The van der Waals surface area contributed by atoms with Crippen LogP contribution in [0.15, 0.2) is 6.20 Å². The van der Waals surface area contributed by atoms with Crippen LogP contribution in [0, 0.1) is 6.92 Å². The Bertz CT molecular complexity index is 297. The molecule has 0 spiro atoms. The number of aromatic nitrogens is 2. The number of rotatable bonds is 2. The fourth-order valence-electron chi connectivity index (χ4n) is 1.54. The minimum Gasteiger partial charge on any atom is -0.325 e. The van der Waals surface area contributed by atoms with Crippen LogP contribution in [-0.4, -0.2) is 15.3 Å². The SMILES string of the molecule is Cc1nn(C)cc1CC1(N)CC1. The summed E-state index contributed by atoms with van der Waals surface area (Å²) >= 11 is 0. The molecule has 3 heteroatoms. The first-order valence-corrected chi connectivity index (χ1v) is 4.37. The van der Waals surface area contributed by atoms with E-state index in [2.05, 4.69) is 11.3 Å². The van der Waals surface area contributed by atoms with Gasteiger partial charge in [-0.3, -0.25) is 4.68 Å². The molecule has 0 amide bonds. The van der Waals surface area contributed by atoms with Gasteiger partial charge < -0.3 is 5.73 Å². The molecule has 1 fully saturated rings. The number of nitrogens with zero attached hydrogens (tertiary/aromatic N) is 2. The summed E-state index contributed by atoms with van der Waals surface area (Å²) in [7, 11) is 1.95. The lowest BCUT2D eigenvalue weighted by atomic mass is 10.1. The third kappa shape index (κ3) is 1.37. The highest BCUT2D eigenvalue weighted by Crippen LogP contribution is 2.35. The summed E-state index contributed by atoms with van der Waals surface area (Å²) < 4.78 is 1.86. The Morgan fingerprint density at radius 3 is 2.75 bits per heavy atom. The maximum absolute atomic E-state index is 6.02. The summed E-state index contributed by atoms with van der Waals surface area (Å²) in [5.74, 6) is 0. The Morgan fingerprint density at radius 1 is 1.67 bits per heavy atom. The Hall–Kier alpha value is -0.830. The Labute approximate surface area is 72.6 Å². The van der Waals surface area contributed by atoms with Gasteiger partial charge in [-0.1, -0.05) is 0 Å². The van der Waals surface area contributed by atoms with E-state index >= 15 is 0 Å². The number of aryl methyl sites for hydroxylation is 2. The monoisotopic (exact) mass is 165 g/mol. The molecule has 0 radical (unpaired) electrons. The van der Waals surface area contributed by atoms with Crippen molar-refractivity contribution >= 4 is 0 Å². The molecule has 0 bridgehead atoms. The van der Waals surface area contributed by atoms with Crippen LogP contribution in [0.25, 0.3) is 0 Å². The highest BCUT2D eigenvalue weighted by molar-refractivity contribution is 5.21. The molecule has 1 aliphatic rings. The molecule has 0 aromatic carbocycles. The number of hydrogen-bond acceptors (Lipinski definition) is 2. The molecule has 2 rings (SSSR count). The van der Waals surface area contributed by atoms with Crippen LogP contribution in [0.1, 0.15) is 24.1 Å². The van der Waals surface area contributed by atoms with E-state index in [1.165, 1.54) is 18.4 Å². The van der Waals surface area contributed by atoms with Gasteiger partial charge in [0, 0.05) is 18.8 Å². The summed E-state index contributed by atoms with van der Waals surface area (Å²) in [5, 5.41) is 4.28. The molecule has 0 atom stereocenters. The van der Waals surface area contributed by atoms with Crippen LogP contribution in [-0.2, 0) is 13.5 Å². The van der Waals surface area contributed by atoms with E-state index < -0.39 is 0 Å². The zero-order chi connectivity index (χ0) is 8.77. The van der Waals surface area contributed by atoms with E-state index in [0.29, 0.717) is 0 Å². The van der Waals surface area contributed by atoms with E-state index in [-0.39, 0.29) is 5.54 Å².